The summed E-state index contributed by atoms with van der Waals surface area (Å²) in [5, 5.41) is 9.59. The fourth-order valence-corrected chi connectivity index (χ4v) is 2.63. The molecule has 3 aromatic heterocycles. The first-order valence-electron chi connectivity index (χ1n) is 5.45. The van der Waals surface area contributed by atoms with E-state index in [2.05, 4.69) is 41.7 Å². The van der Waals surface area contributed by atoms with Crippen molar-refractivity contribution in [1.29, 1.82) is 0 Å². The van der Waals surface area contributed by atoms with E-state index >= 15 is 0 Å². The lowest BCUT2D eigenvalue weighted by Crippen LogP contribution is -2.06. The summed E-state index contributed by atoms with van der Waals surface area (Å²) in [7, 11) is 0. The first-order valence-corrected chi connectivity index (χ1v) is 7.18. The lowest BCUT2D eigenvalue weighted by atomic mass is 10.3. The standard InChI is InChI=1S/C11H10BrN5S/c12-9-2-1-5-17-10(9)15-11(16-17)13-4-3-8-6-18-7-14-8/h1-2,5-7H,3-4H2,(H,13,16). The van der Waals surface area contributed by atoms with Gasteiger partial charge < -0.3 is 5.32 Å². The number of halogens is 1. The van der Waals surface area contributed by atoms with Gasteiger partial charge in [0.15, 0.2) is 5.65 Å². The van der Waals surface area contributed by atoms with Gasteiger partial charge in [0.2, 0.25) is 5.95 Å². The molecule has 0 aliphatic heterocycles. The van der Waals surface area contributed by atoms with E-state index in [1.54, 1.807) is 15.9 Å². The van der Waals surface area contributed by atoms with Crippen LogP contribution in [-0.4, -0.2) is 26.1 Å². The Labute approximate surface area is 116 Å². The Morgan fingerprint density at radius 1 is 1.44 bits per heavy atom. The molecule has 0 spiro atoms. The molecule has 0 aliphatic rings. The summed E-state index contributed by atoms with van der Waals surface area (Å²) in [6.45, 7) is 0.776. The Hall–Kier alpha value is -1.47. The molecule has 0 atom stereocenters. The van der Waals surface area contributed by atoms with Crippen molar-refractivity contribution < 1.29 is 0 Å². The zero-order valence-corrected chi connectivity index (χ0v) is 11.8. The molecule has 7 heteroatoms. The third-order valence-corrected chi connectivity index (χ3v) is 3.72. The van der Waals surface area contributed by atoms with Crippen LogP contribution in [0.4, 0.5) is 5.95 Å². The molecule has 0 fully saturated rings. The summed E-state index contributed by atoms with van der Waals surface area (Å²) in [5.41, 5.74) is 3.75. The van der Waals surface area contributed by atoms with Crippen LogP contribution >= 0.6 is 27.3 Å². The Morgan fingerprint density at radius 2 is 2.39 bits per heavy atom. The number of thiazole rings is 1. The largest absolute Gasteiger partial charge is 0.353 e. The Bertz CT molecular complexity index is 649. The molecule has 92 valence electrons. The highest BCUT2D eigenvalue weighted by molar-refractivity contribution is 9.10. The lowest BCUT2D eigenvalue weighted by Gasteiger charge is -1.98. The van der Waals surface area contributed by atoms with Gasteiger partial charge in [-0.05, 0) is 28.1 Å². The van der Waals surface area contributed by atoms with Crippen LogP contribution in [0.25, 0.3) is 5.65 Å². The van der Waals surface area contributed by atoms with Gasteiger partial charge >= 0.3 is 0 Å². The van der Waals surface area contributed by atoms with Gasteiger partial charge in [-0.2, -0.15) is 4.98 Å². The zero-order valence-electron chi connectivity index (χ0n) is 9.38. The van der Waals surface area contributed by atoms with Gasteiger partial charge in [0, 0.05) is 24.5 Å². The number of rotatable bonds is 4. The number of anilines is 1. The van der Waals surface area contributed by atoms with Gasteiger partial charge in [-0.15, -0.1) is 16.4 Å². The molecule has 18 heavy (non-hydrogen) atoms. The predicted octanol–water partition coefficient (Wildman–Crippen LogP) is 2.60. The Balaban J connectivity index is 1.69. The third kappa shape index (κ3) is 2.37. The normalized spacial score (nSPS) is 10.9. The highest BCUT2D eigenvalue weighted by Gasteiger charge is 2.05. The predicted molar refractivity (Wildman–Crippen MR) is 75.0 cm³/mol. The number of fused-ring (bicyclic) bond motifs is 1. The number of pyridine rings is 1. The number of nitrogens with one attached hydrogen (secondary N) is 1. The molecule has 0 aliphatic carbocycles. The molecule has 5 nitrogen and oxygen atoms in total. The maximum atomic E-state index is 4.41. The van der Waals surface area contributed by atoms with E-state index in [0.29, 0.717) is 5.95 Å². The summed E-state index contributed by atoms with van der Waals surface area (Å²) in [5.74, 6) is 0.636. The van der Waals surface area contributed by atoms with Crippen LogP contribution in [0.15, 0.2) is 33.7 Å². The van der Waals surface area contributed by atoms with E-state index in [0.717, 1.165) is 28.8 Å². The number of hydrogen-bond acceptors (Lipinski definition) is 5. The topological polar surface area (TPSA) is 55.1 Å². The molecule has 3 rings (SSSR count). The van der Waals surface area contributed by atoms with Crippen molar-refractivity contribution in [2.75, 3.05) is 11.9 Å². The Morgan fingerprint density at radius 3 is 3.17 bits per heavy atom. The van der Waals surface area contributed by atoms with Crippen molar-refractivity contribution in [3.63, 3.8) is 0 Å². The number of aromatic nitrogens is 4. The van der Waals surface area contributed by atoms with Gasteiger partial charge in [0.1, 0.15) is 0 Å². The van der Waals surface area contributed by atoms with E-state index in [1.165, 1.54) is 0 Å². The van der Waals surface area contributed by atoms with E-state index in [9.17, 15) is 0 Å². The molecule has 3 aromatic rings. The fourth-order valence-electron chi connectivity index (χ4n) is 1.61. The minimum absolute atomic E-state index is 0.636. The average Bonchev–Trinajstić information content (AvgIpc) is 2.98. The van der Waals surface area contributed by atoms with Crippen molar-refractivity contribution in [3.05, 3.63) is 39.4 Å². The van der Waals surface area contributed by atoms with Crippen LogP contribution in [0.1, 0.15) is 5.69 Å². The molecule has 0 aromatic carbocycles. The van der Waals surface area contributed by atoms with E-state index in [1.807, 2.05) is 23.8 Å². The monoisotopic (exact) mass is 323 g/mol. The quantitative estimate of drug-likeness (QED) is 0.801. The summed E-state index contributed by atoms with van der Waals surface area (Å²) >= 11 is 5.06. The van der Waals surface area contributed by atoms with Crippen LogP contribution in [-0.2, 0) is 6.42 Å². The van der Waals surface area contributed by atoms with Crippen molar-refractivity contribution in [1.82, 2.24) is 19.6 Å². The van der Waals surface area contributed by atoms with Crippen LogP contribution < -0.4 is 5.32 Å². The molecule has 0 saturated heterocycles. The van der Waals surface area contributed by atoms with Gasteiger partial charge in [-0.25, -0.2) is 9.50 Å². The smallest absolute Gasteiger partial charge is 0.243 e. The van der Waals surface area contributed by atoms with E-state index < -0.39 is 0 Å². The van der Waals surface area contributed by atoms with Crippen molar-refractivity contribution in [3.8, 4) is 0 Å². The summed E-state index contributed by atoms with van der Waals surface area (Å²) in [6.07, 6.45) is 2.75. The number of nitrogens with zero attached hydrogens (tertiary/aromatic N) is 4. The van der Waals surface area contributed by atoms with E-state index in [-0.39, 0.29) is 0 Å². The van der Waals surface area contributed by atoms with E-state index in [4.69, 9.17) is 0 Å². The molecule has 0 amide bonds. The summed E-state index contributed by atoms with van der Waals surface area (Å²) < 4.78 is 2.68. The maximum absolute atomic E-state index is 4.41. The minimum Gasteiger partial charge on any atom is -0.353 e. The third-order valence-electron chi connectivity index (χ3n) is 2.46. The van der Waals surface area contributed by atoms with Gasteiger partial charge in [0.05, 0.1) is 15.7 Å². The van der Waals surface area contributed by atoms with Gasteiger partial charge in [0.25, 0.3) is 0 Å². The average molecular weight is 324 g/mol. The van der Waals surface area contributed by atoms with Crippen molar-refractivity contribution >= 4 is 38.9 Å². The first kappa shape index (κ1) is 11.6. The molecule has 0 unspecified atom stereocenters. The van der Waals surface area contributed by atoms with Crippen molar-refractivity contribution in [2.45, 2.75) is 6.42 Å². The highest BCUT2D eigenvalue weighted by atomic mass is 79.9. The van der Waals surface area contributed by atoms with Crippen LogP contribution in [0.5, 0.6) is 0 Å². The first-order chi connectivity index (χ1) is 8.83. The lowest BCUT2D eigenvalue weighted by molar-refractivity contribution is 0.925. The highest BCUT2D eigenvalue weighted by Crippen LogP contribution is 2.16. The zero-order chi connectivity index (χ0) is 12.4. The maximum Gasteiger partial charge on any atom is 0.243 e. The van der Waals surface area contributed by atoms with Crippen molar-refractivity contribution in [2.24, 2.45) is 0 Å². The second-order valence-corrected chi connectivity index (χ2v) is 5.29. The van der Waals surface area contributed by atoms with Crippen LogP contribution in [0.3, 0.4) is 0 Å². The van der Waals surface area contributed by atoms with Crippen LogP contribution in [0, 0.1) is 0 Å². The molecule has 0 radical (unpaired) electrons. The Kier molecular flexibility index (Phi) is 3.24. The molecule has 1 N–H and O–H groups in total. The molecule has 0 bridgehead atoms. The summed E-state index contributed by atoms with van der Waals surface area (Å²) in [6, 6.07) is 3.87. The minimum atomic E-state index is 0.636. The molecule has 0 saturated carbocycles. The SMILES string of the molecule is Brc1cccn2nc(NCCc3cscn3)nc12. The van der Waals surface area contributed by atoms with Gasteiger partial charge in [-0.3, -0.25) is 0 Å². The number of hydrogen-bond donors (Lipinski definition) is 1. The molecule has 3 heterocycles. The van der Waals surface area contributed by atoms with Gasteiger partial charge in [-0.1, -0.05) is 0 Å². The second kappa shape index (κ2) is 5.03. The summed E-state index contributed by atoms with van der Waals surface area (Å²) in [4.78, 5) is 8.64. The second-order valence-electron chi connectivity index (χ2n) is 3.72. The molecular weight excluding hydrogens is 314 g/mol. The van der Waals surface area contributed by atoms with Crippen LogP contribution in [0.2, 0.25) is 0 Å². The fraction of sp³-hybridized carbons (Fsp3) is 0.182. The molecular formula is C11H10BrN5S.